The summed E-state index contributed by atoms with van der Waals surface area (Å²) in [4.78, 5) is 12.3. The summed E-state index contributed by atoms with van der Waals surface area (Å²) >= 11 is 0. The minimum atomic E-state index is 0.102. The number of hydrogen-bond acceptors (Lipinski definition) is 5. The number of ketones is 1. The Morgan fingerprint density at radius 3 is 2.88 bits per heavy atom. The first-order valence-corrected chi connectivity index (χ1v) is 8.69. The number of rotatable bonds is 4. The number of aromatic nitrogens is 3. The van der Waals surface area contributed by atoms with E-state index in [1.165, 1.54) is 0 Å². The van der Waals surface area contributed by atoms with Crippen LogP contribution in [0.3, 0.4) is 0 Å². The number of anilines is 2. The van der Waals surface area contributed by atoms with E-state index in [2.05, 4.69) is 29.4 Å². The summed E-state index contributed by atoms with van der Waals surface area (Å²) in [6.07, 6.45) is 2.15. The van der Waals surface area contributed by atoms with Gasteiger partial charge >= 0.3 is 0 Å². The van der Waals surface area contributed by atoms with Gasteiger partial charge in [0.2, 0.25) is 0 Å². The number of carbonyl (C=O) groups is 1. The molecule has 0 unspecified atom stereocenters. The Morgan fingerprint density at radius 1 is 1.19 bits per heavy atom. The predicted molar refractivity (Wildman–Crippen MR) is 100 cm³/mol. The van der Waals surface area contributed by atoms with Crippen LogP contribution in [0, 0.1) is 0 Å². The number of benzene rings is 2. The summed E-state index contributed by atoms with van der Waals surface area (Å²) in [5.74, 6) is 1.56. The maximum absolute atomic E-state index is 12.3. The lowest BCUT2D eigenvalue weighted by Crippen LogP contribution is -2.16. The maximum atomic E-state index is 12.3. The molecular formula is C20H20N4O2. The molecule has 0 radical (unpaired) electrons. The van der Waals surface area contributed by atoms with Gasteiger partial charge in [-0.15, -0.1) is 10.2 Å². The molecule has 0 aliphatic carbocycles. The average molecular weight is 348 g/mol. The Kier molecular flexibility index (Phi) is 4.16. The Hall–Kier alpha value is -3.15. The van der Waals surface area contributed by atoms with Crippen LogP contribution in [-0.2, 0) is 0 Å². The minimum absolute atomic E-state index is 0.102. The van der Waals surface area contributed by atoms with E-state index in [1.807, 2.05) is 47.0 Å². The molecule has 0 saturated heterocycles. The predicted octanol–water partition coefficient (Wildman–Crippen LogP) is 4.23. The molecule has 0 amide bonds. The molecule has 0 spiro atoms. The quantitative estimate of drug-likeness (QED) is 0.764. The number of hydrogen-bond donors (Lipinski definition) is 1. The van der Waals surface area contributed by atoms with E-state index in [0.717, 1.165) is 22.8 Å². The molecule has 1 aliphatic heterocycles. The van der Waals surface area contributed by atoms with E-state index < -0.39 is 0 Å². The fourth-order valence-electron chi connectivity index (χ4n) is 3.14. The minimum Gasteiger partial charge on any atom is -0.492 e. The number of nitrogens with zero attached hydrogens (tertiary/aromatic N) is 3. The summed E-state index contributed by atoms with van der Waals surface area (Å²) in [6.45, 7) is 4.63. The third-order valence-electron chi connectivity index (χ3n) is 4.42. The van der Waals surface area contributed by atoms with Crippen LogP contribution in [0.4, 0.5) is 11.4 Å². The smallest absolute Gasteiger partial charge is 0.172 e. The molecule has 132 valence electrons. The van der Waals surface area contributed by atoms with Gasteiger partial charge < -0.3 is 14.6 Å². The highest BCUT2D eigenvalue weighted by molar-refractivity contribution is 6.05. The first-order valence-electron chi connectivity index (χ1n) is 8.69. The van der Waals surface area contributed by atoms with Crippen molar-refractivity contribution in [2.24, 2.45) is 0 Å². The average Bonchev–Trinajstić information content (AvgIpc) is 3.12. The van der Waals surface area contributed by atoms with E-state index in [4.69, 9.17) is 4.74 Å². The zero-order valence-corrected chi connectivity index (χ0v) is 14.8. The van der Waals surface area contributed by atoms with Crippen molar-refractivity contribution in [2.45, 2.75) is 26.3 Å². The molecule has 0 atom stereocenters. The molecule has 4 rings (SSSR count). The van der Waals surface area contributed by atoms with E-state index in [1.54, 1.807) is 6.33 Å². The molecule has 1 aromatic heterocycles. The van der Waals surface area contributed by atoms with Crippen molar-refractivity contribution in [2.75, 3.05) is 11.9 Å². The molecule has 0 saturated carbocycles. The number of fused-ring (bicyclic) bond motifs is 1. The van der Waals surface area contributed by atoms with Crippen LogP contribution in [0.5, 0.6) is 5.75 Å². The topological polar surface area (TPSA) is 69.0 Å². The molecule has 0 fully saturated rings. The van der Waals surface area contributed by atoms with Gasteiger partial charge in [-0.25, -0.2) is 0 Å². The van der Waals surface area contributed by atoms with Gasteiger partial charge in [-0.1, -0.05) is 18.2 Å². The number of carbonyl (C=O) groups excluding carboxylic acids is 1. The molecule has 2 heterocycles. The van der Waals surface area contributed by atoms with Crippen LogP contribution in [0.1, 0.15) is 36.7 Å². The highest BCUT2D eigenvalue weighted by atomic mass is 16.5. The first kappa shape index (κ1) is 16.3. The van der Waals surface area contributed by atoms with Crippen LogP contribution in [-0.4, -0.2) is 27.2 Å². The second-order valence-electron chi connectivity index (χ2n) is 6.56. The largest absolute Gasteiger partial charge is 0.492 e. The number of Topliss-reactive ketones (excluding diaryl/α,β-unsaturated/α-hetero) is 1. The zero-order valence-electron chi connectivity index (χ0n) is 14.8. The van der Waals surface area contributed by atoms with Crippen molar-refractivity contribution in [1.82, 2.24) is 14.8 Å². The summed E-state index contributed by atoms with van der Waals surface area (Å²) in [5, 5.41) is 11.6. The Bertz CT molecular complexity index is 962. The van der Waals surface area contributed by atoms with Gasteiger partial charge in [0.05, 0.1) is 17.9 Å². The summed E-state index contributed by atoms with van der Waals surface area (Å²) in [6, 6.07) is 13.8. The van der Waals surface area contributed by atoms with Crippen LogP contribution >= 0.6 is 0 Å². The Morgan fingerprint density at radius 2 is 2.04 bits per heavy atom. The monoisotopic (exact) mass is 348 g/mol. The molecule has 6 nitrogen and oxygen atoms in total. The Balaban J connectivity index is 1.69. The van der Waals surface area contributed by atoms with Crippen molar-refractivity contribution in [3.05, 3.63) is 54.4 Å². The molecule has 0 bridgehead atoms. The van der Waals surface area contributed by atoms with Gasteiger partial charge in [0, 0.05) is 23.7 Å². The molecule has 6 heteroatoms. The Labute approximate surface area is 151 Å². The molecule has 1 aliphatic rings. The third-order valence-corrected chi connectivity index (χ3v) is 4.42. The third kappa shape index (κ3) is 2.94. The lowest BCUT2D eigenvalue weighted by molar-refractivity contribution is 0.0934. The second kappa shape index (κ2) is 6.63. The van der Waals surface area contributed by atoms with Gasteiger partial charge in [0.15, 0.2) is 11.6 Å². The van der Waals surface area contributed by atoms with E-state index in [-0.39, 0.29) is 11.8 Å². The van der Waals surface area contributed by atoms with Gasteiger partial charge in [-0.05, 0) is 38.1 Å². The summed E-state index contributed by atoms with van der Waals surface area (Å²) < 4.78 is 7.64. The molecule has 3 aromatic rings. The summed E-state index contributed by atoms with van der Waals surface area (Å²) in [7, 11) is 0. The van der Waals surface area contributed by atoms with E-state index in [9.17, 15) is 4.79 Å². The van der Waals surface area contributed by atoms with Gasteiger partial charge in [-0.3, -0.25) is 4.79 Å². The molecule has 1 N–H and O–H groups in total. The fraction of sp³-hybridized carbons (Fsp3) is 0.250. The van der Waals surface area contributed by atoms with Crippen molar-refractivity contribution in [3.63, 3.8) is 0 Å². The molecule has 26 heavy (non-hydrogen) atoms. The lowest BCUT2D eigenvalue weighted by Gasteiger charge is -2.20. The van der Waals surface area contributed by atoms with Crippen molar-refractivity contribution in [1.29, 1.82) is 0 Å². The van der Waals surface area contributed by atoms with Crippen LogP contribution < -0.4 is 10.1 Å². The van der Waals surface area contributed by atoms with Crippen molar-refractivity contribution in [3.8, 4) is 17.1 Å². The highest BCUT2D eigenvalue weighted by Gasteiger charge is 2.22. The lowest BCUT2D eigenvalue weighted by atomic mass is 10.0. The van der Waals surface area contributed by atoms with E-state index >= 15 is 0 Å². The first-order chi connectivity index (χ1) is 12.6. The SMILES string of the molecule is CC(C)n1cnnc1-c1cccc(Nc2cccc3c2C(=O)CCO3)c1. The normalized spacial score (nSPS) is 13.4. The highest BCUT2D eigenvalue weighted by Crippen LogP contribution is 2.33. The van der Waals surface area contributed by atoms with Crippen LogP contribution in [0.25, 0.3) is 11.4 Å². The maximum Gasteiger partial charge on any atom is 0.172 e. The van der Waals surface area contributed by atoms with Crippen LogP contribution in [0.15, 0.2) is 48.8 Å². The van der Waals surface area contributed by atoms with Gasteiger partial charge in [0.1, 0.15) is 12.1 Å². The second-order valence-corrected chi connectivity index (χ2v) is 6.56. The molecular weight excluding hydrogens is 328 g/mol. The van der Waals surface area contributed by atoms with Gasteiger partial charge in [-0.2, -0.15) is 0 Å². The zero-order chi connectivity index (χ0) is 18.1. The van der Waals surface area contributed by atoms with Crippen molar-refractivity contribution >= 4 is 17.2 Å². The standard InChI is InChI=1S/C20H20N4O2/c1-13(2)24-12-21-23-20(24)14-5-3-6-15(11-14)22-16-7-4-8-18-19(16)17(25)9-10-26-18/h3-8,11-13,22H,9-10H2,1-2H3. The van der Waals surface area contributed by atoms with Crippen LogP contribution in [0.2, 0.25) is 0 Å². The summed E-state index contributed by atoms with van der Waals surface area (Å²) in [5.41, 5.74) is 3.23. The molecule has 2 aromatic carbocycles. The van der Waals surface area contributed by atoms with E-state index in [0.29, 0.717) is 24.3 Å². The van der Waals surface area contributed by atoms with Crippen molar-refractivity contribution < 1.29 is 9.53 Å². The van der Waals surface area contributed by atoms with Gasteiger partial charge in [0.25, 0.3) is 0 Å². The number of ether oxygens (including phenoxy) is 1. The number of nitrogens with one attached hydrogen (secondary N) is 1. The fourth-order valence-corrected chi connectivity index (χ4v) is 3.14.